The topological polar surface area (TPSA) is 95.9 Å². The fourth-order valence-corrected chi connectivity index (χ4v) is 4.07. The molecule has 3 aromatic rings. The number of para-hydroxylation sites is 1. The number of fused-ring (bicyclic) bond motifs is 1. The summed E-state index contributed by atoms with van der Waals surface area (Å²) in [6.45, 7) is 5.15. The molecule has 0 bridgehead atoms. The number of hydrogen-bond donors (Lipinski definition) is 2. The Hall–Kier alpha value is -3.16. The van der Waals surface area contributed by atoms with Crippen LogP contribution < -0.4 is 5.32 Å². The van der Waals surface area contributed by atoms with E-state index in [9.17, 15) is 9.59 Å². The van der Waals surface area contributed by atoms with Crippen molar-refractivity contribution in [3.05, 3.63) is 48.2 Å². The lowest BCUT2D eigenvalue weighted by Gasteiger charge is -2.35. The molecule has 1 aliphatic heterocycles. The van der Waals surface area contributed by atoms with Gasteiger partial charge < -0.3 is 14.8 Å². The van der Waals surface area contributed by atoms with Gasteiger partial charge in [-0.25, -0.2) is 4.98 Å². The maximum Gasteiger partial charge on any atom is 0.273 e. The third kappa shape index (κ3) is 3.74. The number of carbonyl (C=O) groups excluding carboxylic acids is 2. The normalized spacial score (nSPS) is 18.0. The zero-order valence-electron chi connectivity index (χ0n) is 16.8. The van der Waals surface area contributed by atoms with Gasteiger partial charge in [0.1, 0.15) is 11.9 Å². The Balaban J connectivity index is 1.42. The summed E-state index contributed by atoms with van der Waals surface area (Å²) in [5, 5.41) is 10.5. The van der Waals surface area contributed by atoms with E-state index >= 15 is 0 Å². The Labute approximate surface area is 169 Å². The van der Waals surface area contributed by atoms with Gasteiger partial charge in [0.15, 0.2) is 5.69 Å². The highest BCUT2D eigenvalue weighted by Crippen LogP contribution is 2.23. The first kappa shape index (κ1) is 19.2. The van der Waals surface area contributed by atoms with Crippen LogP contribution in [0, 0.1) is 0 Å². The smallest absolute Gasteiger partial charge is 0.273 e. The highest BCUT2D eigenvalue weighted by Gasteiger charge is 2.29. The van der Waals surface area contributed by atoms with Crippen molar-refractivity contribution in [1.82, 2.24) is 30.0 Å². The number of rotatable bonds is 5. The van der Waals surface area contributed by atoms with Crippen LogP contribution in [-0.2, 0) is 11.2 Å². The molecule has 1 saturated heterocycles. The van der Waals surface area contributed by atoms with Crippen molar-refractivity contribution < 1.29 is 9.59 Å². The summed E-state index contributed by atoms with van der Waals surface area (Å²) < 4.78 is 2.18. The van der Waals surface area contributed by atoms with E-state index in [1.807, 2.05) is 41.6 Å². The largest absolute Gasteiger partial charge is 0.339 e. The number of H-pyrrole nitrogens is 1. The van der Waals surface area contributed by atoms with Gasteiger partial charge in [-0.1, -0.05) is 25.1 Å². The molecule has 2 amide bonds. The van der Waals surface area contributed by atoms with Gasteiger partial charge in [0, 0.05) is 37.3 Å². The number of aromatic amines is 1. The van der Waals surface area contributed by atoms with Crippen molar-refractivity contribution >= 4 is 22.7 Å². The molecule has 0 saturated carbocycles. The van der Waals surface area contributed by atoms with E-state index in [0.29, 0.717) is 18.8 Å². The molecule has 29 heavy (non-hydrogen) atoms. The van der Waals surface area contributed by atoms with Gasteiger partial charge in [0.25, 0.3) is 5.91 Å². The van der Waals surface area contributed by atoms with Crippen LogP contribution >= 0.6 is 0 Å². The molecule has 0 radical (unpaired) electrons. The average molecular weight is 394 g/mol. The molecule has 4 rings (SSSR count). The van der Waals surface area contributed by atoms with E-state index in [0.717, 1.165) is 36.0 Å². The maximum atomic E-state index is 13.0. The minimum atomic E-state index is -0.620. The van der Waals surface area contributed by atoms with Crippen molar-refractivity contribution in [2.75, 3.05) is 13.1 Å². The van der Waals surface area contributed by atoms with Crippen molar-refractivity contribution in [2.45, 2.75) is 45.2 Å². The second-order valence-corrected chi connectivity index (χ2v) is 7.50. The molecule has 2 N–H and O–H groups in total. The first-order chi connectivity index (χ1) is 14.1. The van der Waals surface area contributed by atoms with E-state index in [1.165, 1.54) is 0 Å². The molecule has 0 spiro atoms. The van der Waals surface area contributed by atoms with Gasteiger partial charge >= 0.3 is 0 Å². The number of carbonyl (C=O) groups is 2. The zero-order chi connectivity index (χ0) is 20.4. The van der Waals surface area contributed by atoms with Crippen molar-refractivity contribution in [1.29, 1.82) is 0 Å². The van der Waals surface area contributed by atoms with E-state index in [1.54, 1.807) is 6.92 Å². The molecular formula is C21H26N6O2. The maximum absolute atomic E-state index is 13.0. The minimum absolute atomic E-state index is 0.0685. The molecule has 3 heterocycles. The molecule has 2 atom stereocenters. The van der Waals surface area contributed by atoms with Gasteiger partial charge in [-0.15, -0.1) is 0 Å². The second-order valence-electron chi connectivity index (χ2n) is 7.50. The first-order valence-corrected chi connectivity index (χ1v) is 10.1. The Morgan fingerprint density at radius 2 is 2.17 bits per heavy atom. The number of imidazole rings is 1. The Morgan fingerprint density at radius 3 is 3.00 bits per heavy atom. The minimum Gasteiger partial charge on any atom is -0.339 e. The number of benzene rings is 1. The molecule has 1 aromatic carbocycles. The molecular weight excluding hydrogens is 368 g/mol. The lowest BCUT2D eigenvalue weighted by molar-refractivity contribution is -0.134. The predicted molar refractivity (Wildman–Crippen MR) is 109 cm³/mol. The fourth-order valence-electron chi connectivity index (χ4n) is 4.07. The molecule has 2 unspecified atom stereocenters. The van der Waals surface area contributed by atoms with Gasteiger partial charge in [-0.05, 0) is 25.8 Å². The highest BCUT2D eigenvalue weighted by atomic mass is 16.2. The Bertz CT molecular complexity index is 1020. The summed E-state index contributed by atoms with van der Waals surface area (Å²) in [6.07, 6.45) is 6.62. The van der Waals surface area contributed by atoms with Gasteiger partial charge in [-0.3, -0.25) is 14.7 Å². The molecule has 152 valence electrons. The monoisotopic (exact) mass is 394 g/mol. The quantitative estimate of drug-likeness (QED) is 0.694. The standard InChI is InChI=1S/C21H26N6O2/c1-3-18-22-10-12-27(18)15-7-6-11-26(13-15)21(29)14(2)23-20(28)19-16-8-4-5-9-17(16)24-25-19/h4-5,8-10,12,14-15H,3,6-7,11,13H2,1-2H3,(H,23,28)(H,24,25). The van der Waals surface area contributed by atoms with Crippen LogP contribution in [0.15, 0.2) is 36.7 Å². The predicted octanol–water partition coefficient (Wildman–Crippen LogP) is 2.30. The molecule has 8 heteroatoms. The Morgan fingerprint density at radius 1 is 1.34 bits per heavy atom. The summed E-state index contributed by atoms with van der Waals surface area (Å²) in [7, 11) is 0. The number of likely N-dealkylation sites (tertiary alicyclic amines) is 1. The number of hydrogen-bond acceptors (Lipinski definition) is 4. The number of piperidine rings is 1. The lowest BCUT2D eigenvalue weighted by atomic mass is 10.0. The van der Waals surface area contributed by atoms with Crippen LogP contribution in [0.5, 0.6) is 0 Å². The summed E-state index contributed by atoms with van der Waals surface area (Å²) in [4.78, 5) is 31.9. The van der Waals surface area contributed by atoms with Crippen molar-refractivity contribution in [3.63, 3.8) is 0 Å². The van der Waals surface area contributed by atoms with Crippen LogP contribution in [0.25, 0.3) is 10.9 Å². The van der Waals surface area contributed by atoms with Gasteiger partial charge in [-0.2, -0.15) is 5.10 Å². The van der Waals surface area contributed by atoms with Crippen LogP contribution in [0.4, 0.5) is 0 Å². The average Bonchev–Trinajstić information content (AvgIpc) is 3.40. The third-order valence-corrected chi connectivity index (χ3v) is 5.57. The zero-order valence-corrected chi connectivity index (χ0v) is 16.8. The molecule has 2 aromatic heterocycles. The number of nitrogens with zero attached hydrogens (tertiary/aromatic N) is 4. The van der Waals surface area contributed by atoms with E-state index in [4.69, 9.17) is 0 Å². The fraction of sp³-hybridized carbons (Fsp3) is 0.429. The van der Waals surface area contributed by atoms with Crippen LogP contribution in [-0.4, -0.2) is 55.6 Å². The molecule has 8 nitrogen and oxygen atoms in total. The number of aromatic nitrogens is 4. The summed E-state index contributed by atoms with van der Waals surface area (Å²) >= 11 is 0. The summed E-state index contributed by atoms with van der Waals surface area (Å²) in [5.41, 5.74) is 1.10. The molecule has 1 aliphatic rings. The van der Waals surface area contributed by atoms with Crippen molar-refractivity contribution in [2.24, 2.45) is 0 Å². The first-order valence-electron chi connectivity index (χ1n) is 10.1. The van der Waals surface area contributed by atoms with Gasteiger partial charge in [0.2, 0.25) is 5.91 Å². The lowest BCUT2D eigenvalue weighted by Crippen LogP contribution is -2.50. The highest BCUT2D eigenvalue weighted by molar-refractivity contribution is 6.05. The van der Waals surface area contributed by atoms with Crippen LogP contribution in [0.2, 0.25) is 0 Å². The van der Waals surface area contributed by atoms with E-state index in [2.05, 4.69) is 32.0 Å². The molecule has 0 aliphatic carbocycles. The van der Waals surface area contributed by atoms with Crippen molar-refractivity contribution in [3.8, 4) is 0 Å². The van der Waals surface area contributed by atoms with Gasteiger partial charge in [0.05, 0.1) is 11.6 Å². The Kier molecular flexibility index (Phi) is 5.33. The second kappa shape index (κ2) is 8.06. The molecule has 1 fully saturated rings. The SMILES string of the molecule is CCc1nccn1C1CCCN(C(=O)C(C)NC(=O)c2n[nH]c3ccccc23)C1. The van der Waals surface area contributed by atoms with E-state index < -0.39 is 6.04 Å². The third-order valence-electron chi connectivity index (χ3n) is 5.57. The summed E-state index contributed by atoms with van der Waals surface area (Å²) in [5.74, 6) is 0.622. The number of amides is 2. The number of nitrogens with one attached hydrogen (secondary N) is 2. The van der Waals surface area contributed by atoms with E-state index in [-0.39, 0.29) is 17.9 Å². The van der Waals surface area contributed by atoms with Crippen LogP contribution in [0.3, 0.4) is 0 Å². The van der Waals surface area contributed by atoms with Crippen LogP contribution in [0.1, 0.15) is 49.0 Å². The summed E-state index contributed by atoms with van der Waals surface area (Å²) in [6, 6.07) is 7.05. The number of aryl methyl sites for hydroxylation is 1.